The van der Waals surface area contributed by atoms with E-state index in [4.69, 9.17) is 4.74 Å². The summed E-state index contributed by atoms with van der Waals surface area (Å²) in [5.41, 5.74) is -1.36. The summed E-state index contributed by atoms with van der Waals surface area (Å²) in [4.78, 5) is 11.9. The zero-order valence-corrected chi connectivity index (χ0v) is 11.1. The second kappa shape index (κ2) is 4.34. The highest BCUT2D eigenvalue weighted by molar-refractivity contribution is 7.86. The number of alkyl halides is 3. The van der Waals surface area contributed by atoms with Crippen molar-refractivity contribution in [2.75, 3.05) is 18.1 Å². The smallest absolute Gasteiger partial charge is 0.416 e. The molecule has 1 saturated heterocycles. The number of amides is 1. The first-order valence-electron chi connectivity index (χ1n) is 5.76. The summed E-state index contributed by atoms with van der Waals surface area (Å²) in [6, 6.07) is 1.36. The maximum absolute atomic E-state index is 12.9. The Labute approximate surface area is 117 Å². The van der Waals surface area contributed by atoms with Gasteiger partial charge < -0.3 is 4.74 Å². The molecule has 6 nitrogen and oxygen atoms in total. The van der Waals surface area contributed by atoms with Crippen LogP contribution >= 0.6 is 0 Å². The van der Waals surface area contributed by atoms with Crippen LogP contribution in [-0.2, 0) is 25.2 Å². The van der Waals surface area contributed by atoms with Crippen molar-refractivity contribution < 1.29 is 35.3 Å². The minimum atomic E-state index is -4.75. The Bertz CT molecular complexity index is 715. The van der Waals surface area contributed by atoms with Gasteiger partial charge in [-0.15, -0.1) is 0 Å². The van der Waals surface area contributed by atoms with Gasteiger partial charge in [0.1, 0.15) is 6.61 Å². The molecule has 0 aliphatic carbocycles. The summed E-state index contributed by atoms with van der Waals surface area (Å²) >= 11 is 0. The number of carbonyl (C=O) groups excluding carboxylic acids is 1. The van der Waals surface area contributed by atoms with Crippen molar-refractivity contribution in [3.05, 3.63) is 23.8 Å². The van der Waals surface area contributed by atoms with Crippen molar-refractivity contribution in [2.45, 2.75) is 17.1 Å². The van der Waals surface area contributed by atoms with Gasteiger partial charge in [-0.3, -0.25) is 9.08 Å². The van der Waals surface area contributed by atoms with E-state index in [0.29, 0.717) is 12.1 Å². The quantitative estimate of drug-likeness (QED) is 0.680. The van der Waals surface area contributed by atoms with E-state index in [1.165, 1.54) is 0 Å². The van der Waals surface area contributed by atoms with Gasteiger partial charge in [0, 0.05) is 5.69 Å². The molecule has 3 rings (SSSR count). The Morgan fingerprint density at radius 2 is 1.90 bits per heavy atom. The molecular formula is C11H8F3NO5S. The Kier molecular flexibility index (Phi) is 2.92. The van der Waals surface area contributed by atoms with Crippen LogP contribution in [0, 0.1) is 0 Å². The average molecular weight is 323 g/mol. The lowest BCUT2D eigenvalue weighted by molar-refractivity contribution is -0.137. The van der Waals surface area contributed by atoms with E-state index in [0.717, 1.165) is 11.0 Å². The normalized spacial score (nSPS) is 24.0. The van der Waals surface area contributed by atoms with Gasteiger partial charge in [0.15, 0.2) is 0 Å². The van der Waals surface area contributed by atoms with Crippen LogP contribution in [0.3, 0.4) is 0 Å². The van der Waals surface area contributed by atoms with Crippen LogP contribution in [0.5, 0.6) is 0 Å². The van der Waals surface area contributed by atoms with Crippen molar-refractivity contribution in [3.8, 4) is 0 Å². The molecule has 2 aliphatic heterocycles. The fraction of sp³-hybridized carbons (Fsp3) is 0.364. The van der Waals surface area contributed by atoms with Gasteiger partial charge in [-0.1, -0.05) is 0 Å². The molecule has 1 fully saturated rings. The second-order valence-corrected chi connectivity index (χ2v) is 6.17. The van der Waals surface area contributed by atoms with Crippen molar-refractivity contribution in [1.29, 1.82) is 0 Å². The van der Waals surface area contributed by atoms with Crippen molar-refractivity contribution in [2.24, 2.45) is 0 Å². The molecule has 2 aliphatic rings. The molecule has 0 radical (unpaired) electrons. The van der Waals surface area contributed by atoms with E-state index >= 15 is 0 Å². The standard InChI is InChI=1S/C11H8F3NO5S/c12-11(13,14)6-1-7-3-9(2-6)21(17,18)20-5-8-4-19-10(16)15(7)8/h1-3,8H,4-5H2. The molecule has 21 heavy (non-hydrogen) atoms. The van der Waals surface area contributed by atoms with Crippen LogP contribution in [0.25, 0.3) is 0 Å². The van der Waals surface area contributed by atoms with Crippen LogP contribution in [-0.4, -0.2) is 33.8 Å². The highest BCUT2D eigenvalue weighted by atomic mass is 32.2. The molecule has 1 unspecified atom stereocenters. The number of cyclic esters (lactones) is 1. The van der Waals surface area contributed by atoms with Crippen LogP contribution in [0.1, 0.15) is 5.56 Å². The molecular weight excluding hydrogens is 315 g/mol. The van der Waals surface area contributed by atoms with Crippen molar-refractivity contribution >= 4 is 21.9 Å². The van der Waals surface area contributed by atoms with E-state index in [9.17, 15) is 26.4 Å². The third kappa shape index (κ3) is 2.33. The average Bonchev–Trinajstić information content (AvgIpc) is 2.75. The predicted octanol–water partition coefficient (Wildman–Crippen LogP) is 1.75. The summed E-state index contributed by atoms with van der Waals surface area (Å²) in [7, 11) is -4.31. The lowest BCUT2D eigenvalue weighted by atomic mass is 10.1. The number of hydrogen-bond acceptors (Lipinski definition) is 5. The fourth-order valence-electron chi connectivity index (χ4n) is 2.17. The van der Waals surface area contributed by atoms with Gasteiger partial charge in [-0.05, 0) is 18.2 Å². The van der Waals surface area contributed by atoms with Gasteiger partial charge >= 0.3 is 12.3 Å². The fourth-order valence-corrected chi connectivity index (χ4v) is 3.17. The molecule has 1 aromatic carbocycles. The largest absolute Gasteiger partial charge is 0.447 e. The summed E-state index contributed by atoms with van der Waals surface area (Å²) in [5.74, 6) is 0. The number of ether oxygens (including phenoxy) is 1. The number of hydrogen-bond donors (Lipinski definition) is 0. The number of fused-ring (bicyclic) bond motifs is 4. The Morgan fingerprint density at radius 3 is 2.57 bits per heavy atom. The minimum absolute atomic E-state index is 0.153. The molecule has 0 aromatic heterocycles. The van der Waals surface area contributed by atoms with Gasteiger partial charge in [0.05, 0.1) is 23.1 Å². The number of halogens is 3. The monoisotopic (exact) mass is 323 g/mol. The molecule has 0 N–H and O–H groups in total. The predicted molar refractivity (Wildman–Crippen MR) is 62.2 cm³/mol. The number of benzene rings is 1. The highest BCUT2D eigenvalue weighted by Gasteiger charge is 2.40. The first-order valence-corrected chi connectivity index (χ1v) is 7.17. The topological polar surface area (TPSA) is 72.9 Å². The third-order valence-corrected chi connectivity index (χ3v) is 4.42. The first kappa shape index (κ1) is 14.1. The maximum atomic E-state index is 12.9. The molecule has 0 spiro atoms. The summed E-state index contributed by atoms with van der Waals surface area (Å²) < 4.78 is 71.7. The molecule has 1 amide bonds. The Balaban J connectivity index is 2.24. The summed E-state index contributed by atoms with van der Waals surface area (Å²) in [5, 5.41) is 0. The number of nitrogens with zero attached hydrogens (tertiary/aromatic N) is 1. The SMILES string of the molecule is O=C1OCC2COS(=O)(=O)c3cc(cc(C(F)(F)F)c3)N12. The van der Waals surface area contributed by atoms with Gasteiger partial charge in [0.2, 0.25) is 0 Å². The Hall–Kier alpha value is -1.81. The molecule has 0 saturated carbocycles. The van der Waals surface area contributed by atoms with E-state index in [1.54, 1.807) is 0 Å². The van der Waals surface area contributed by atoms with E-state index in [-0.39, 0.29) is 18.9 Å². The maximum Gasteiger partial charge on any atom is 0.416 e. The number of carbonyl (C=O) groups is 1. The zero-order chi connectivity index (χ0) is 15.4. The summed E-state index contributed by atoms with van der Waals surface area (Å²) in [6.07, 6.45) is -5.59. The van der Waals surface area contributed by atoms with Crippen LogP contribution in [0.2, 0.25) is 0 Å². The highest BCUT2D eigenvalue weighted by Crippen LogP contribution is 2.37. The second-order valence-electron chi connectivity index (χ2n) is 4.55. The van der Waals surface area contributed by atoms with Crippen molar-refractivity contribution in [1.82, 2.24) is 0 Å². The Morgan fingerprint density at radius 1 is 1.19 bits per heavy atom. The van der Waals surface area contributed by atoms with Gasteiger partial charge in [-0.25, -0.2) is 4.79 Å². The molecule has 114 valence electrons. The van der Waals surface area contributed by atoms with Crippen LogP contribution in [0.4, 0.5) is 23.7 Å². The van der Waals surface area contributed by atoms with E-state index < -0.39 is 38.9 Å². The molecule has 10 heteroatoms. The van der Waals surface area contributed by atoms with Crippen molar-refractivity contribution in [3.63, 3.8) is 0 Å². The van der Waals surface area contributed by atoms with Gasteiger partial charge in [-0.2, -0.15) is 21.6 Å². The van der Waals surface area contributed by atoms with E-state index in [1.807, 2.05) is 0 Å². The van der Waals surface area contributed by atoms with Gasteiger partial charge in [0.25, 0.3) is 10.1 Å². The molecule has 1 atom stereocenters. The number of anilines is 1. The molecule has 1 aromatic rings. The molecule has 2 heterocycles. The van der Waals surface area contributed by atoms with Crippen LogP contribution in [0.15, 0.2) is 23.1 Å². The minimum Gasteiger partial charge on any atom is -0.447 e. The lowest BCUT2D eigenvalue weighted by Crippen LogP contribution is -2.39. The lowest BCUT2D eigenvalue weighted by Gasteiger charge is -2.25. The summed E-state index contributed by atoms with van der Waals surface area (Å²) in [6.45, 7) is -0.530. The number of rotatable bonds is 0. The van der Waals surface area contributed by atoms with E-state index in [2.05, 4.69) is 4.18 Å². The first-order chi connectivity index (χ1) is 9.68. The third-order valence-electron chi connectivity index (χ3n) is 3.16. The zero-order valence-electron chi connectivity index (χ0n) is 10.3. The molecule has 2 bridgehead atoms. The van der Waals surface area contributed by atoms with Crippen LogP contribution < -0.4 is 4.90 Å².